The van der Waals surface area contributed by atoms with Gasteiger partial charge < -0.3 is 4.57 Å². The second-order valence-corrected chi connectivity index (χ2v) is 13.3. The van der Waals surface area contributed by atoms with Crippen molar-refractivity contribution in [3.63, 3.8) is 0 Å². The highest BCUT2D eigenvalue weighted by Gasteiger charge is 2.32. The summed E-state index contributed by atoms with van der Waals surface area (Å²) in [4.78, 5) is 11.8. The standard InChI is InChI=1S/C9H15NOP4/c1-6-5-7-3-2-4-8(11)10(7)9(6)15(13)14-12/h2-4,6,9,14H,5,12-13H2,1H3. The van der Waals surface area contributed by atoms with Crippen molar-refractivity contribution >= 4 is 33.1 Å². The zero-order chi connectivity index (χ0) is 11.0. The maximum absolute atomic E-state index is 11.8. The van der Waals surface area contributed by atoms with Crippen LogP contribution in [0.2, 0.25) is 0 Å². The number of rotatable bonds is 2. The van der Waals surface area contributed by atoms with E-state index in [1.165, 1.54) is 5.69 Å². The third kappa shape index (κ3) is 2.21. The molecule has 1 aliphatic heterocycles. The minimum absolute atomic E-state index is 0.151. The molecule has 82 valence electrons. The third-order valence-corrected chi connectivity index (χ3v) is 13.7. The molecule has 2 heterocycles. The second kappa shape index (κ2) is 4.89. The zero-order valence-corrected chi connectivity index (χ0v) is 12.8. The van der Waals surface area contributed by atoms with Crippen LogP contribution in [0.4, 0.5) is 0 Å². The molecule has 6 unspecified atom stereocenters. The normalized spacial score (nSPS) is 27.1. The summed E-state index contributed by atoms with van der Waals surface area (Å²) in [5.41, 5.74) is 1.37. The maximum Gasteiger partial charge on any atom is 0.251 e. The van der Waals surface area contributed by atoms with Gasteiger partial charge in [-0.05, 0) is 25.7 Å². The van der Waals surface area contributed by atoms with E-state index >= 15 is 0 Å². The van der Waals surface area contributed by atoms with E-state index in [0.717, 1.165) is 14.4 Å². The summed E-state index contributed by atoms with van der Waals surface area (Å²) >= 11 is 0. The van der Waals surface area contributed by atoms with Crippen LogP contribution in [0.1, 0.15) is 18.4 Å². The lowest BCUT2D eigenvalue weighted by molar-refractivity contribution is 0.538. The first-order chi connectivity index (χ1) is 7.15. The molecule has 1 aromatic heterocycles. The van der Waals surface area contributed by atoms with Crippen molar-refractivity contribution in [3.05, 3.63) is 34.2 Å². The van der Waals surface area contributed by atoms with E-state index in [2.05, 4.69) is 30.8 Å². The molecule has 6 atom stereocenters. The Morgan fingerprint density at radius 2 is 2.33 bits per heavy atom. The quantitative estimate of drug-likeness (QED) is 0.761. The minimum Gasteiger partial charge on any atom is -0.304 e. The number of hydrogen-bond acceptors (Lipinski definition) is 1. The lowest BCUT2D eigenvalue weighted by atomic mass is 10.1. The van der Waals surface area contributed by atoms with Gasteiger partial charge in [0.05, 0.1) is 5.78 Å². The number of aromatic nitrogens is 1. The Hall–Kier alpha value is 0.670. The highest BCUT2D eigenvalue weighted by atomic mass is 32.6. The molecule has 0 fully saturated rings. The SMILES string of the molecule is CC1Cc2cccc(=O)n2C1P(P)PP. The largest absolute Gasteiger partial charge is 0.304 e. The summed E-state index contributed by atoms with van der Waals surface area (Å²) in [6.07, 6.45) is 1.04. The van der Waals surface area contributed by atoms with Crippen LogP contribution in [0.25, 0.3) is 0 Å². The molecule has 2 rings (SSSR count). The van der Waals surface area contributed by atoms with Crippen LogP contribution in [-0.2, 0) is 6.42 Å². The molecule has 0 amide bonds. The maximum atomic E-state index is 11.8. The topological polar surface area (TPSA) is 22.0 Å². The number of nitrogens with zero attached hydrogens (tertiary/aromatic N) is 1. The number of pyridine rings is 1. The van der Waals surface area contributed by atoms with Gasteiger partial charge in [-0.25, -0.2) is 0 Å². The van der Waals surface area contributed by atoms with Gasteiger partial charge in [0.15, 0.2) is 0 Å². The van der Waals surface area contributed by atoms with Crippen LogP contribution in [0, 0.1) is 5.92 Å². The van der Waals surface area contributed by atoms with E-state index < -0.39 is 0 Å². The lowest BCUT2D eigenvalue weighted by Crippen LogP contribution is -2.21. The summed E-state index contributed by atoms with van der Waals surface area (Å²) in [7, 11) is 6.45. The number of hydrogen-bond donors (Lipinski definition) is 0. The van der Waals surface area contributed by atoms with Gasteiger partial charge in [-0.1, -0.05) is 20.9 Å². The summed E-state index contributed by atoms with van der Waals surface area (Å²) in [5, 5.41) is 0. The molecule has 0 aromatic carbocycles. The van der Waals surface area contributed by atoms with Gasteiger partial charge in [0.2, 0.25) is 0 Å². The van der Waals surface area contributed by atoms with Crippen LogP contribution >= 0.6 is 33.1 Å². The van der Waals surface area contributed by atoms with Crippen molar-refractivity contribution in [1.29, 1.82) is 0 Å². The van der Waals surface area contributed by atoms with Crippen molar-refractivity contribution in [2.24, 2.45) is 5.92 Å². The molecule has 0 saturated carbocycles. The zero-order valence-electron chi connectivity index (χ0n) is 8.55. The minimum atomic E-state index is -0.151. The molecular weight excluding hydrogens is 262 g/mol. The van der Waals surface area contributed by atoms with Crippen molar-refractivity contribution in [2.75, 3.05) is 0 Å². The molecule has 0 saturated heterocycles. The van der Waals surface area contributed by atoms with E-state index in [1.54, 1.807) is 6.07 Å². The Kier molecular flexibility index (Phi) is 3.96. The predicted molar refractivity (Wildman–Crippen MR) is 77.3 cm³/mol. The van der Waals surface area contributed by atoms with Gasteiger partial charge in [-0.2, -0.15) is 0 Å². The van der Waals surface area contributed by atoms with Gasteiger partial charge in [0.1, 0.15) is 0 Å². The third-order valence-electron chi connectivity index (χ3n) is 2.81. The molecule has 2 nitrogen and oxygen atoms in total. The van der Waals surface area contributed by atoms with E-state index in [1.807, 2.05) is 10.6 Å². The molecule has 6 heteroatoms. The molecule has 0 aliphatic carbocycles. The molecule has 0 bridgehead atoms. The smallest absolute Gasteiger partial charge is 0.251 e. The van der Waals surface area contributed by atoms with Crippen molar-refractivity contribution < 1.29 is 0 Å². The summed E-state index contributed by atoms with van der Waals surface area (Å²) in [6.45, 7) is 2.25. The Morgan fingerprint density at radius 3 is 3.00 bits per heavy atom. The summed E-state index contributed by atoms with van der Waals surface area (Å²) < 4.78 is 2.01. The first-order valence-electron chi connectivity index (χ1n) is 4.85. The summed E-state index contributed by atoms with van der Waals surface area (Å²) in [6, 6.07) is 5.63. The van der Waals surface area contributed by atoms with Gasteiger partial charge in [0.25, 0.3) is 5.56 Å². The Balaban J connectivity index is 2.48. The average Bonchev–Trinajstić information content (AvgIpc) is 2.55. The Morgan fingerprint density at radius 1 is 1.60 bits per heavy atom. The van der Waals surface area contributed by atoms with Crippen LogP contribution < -0.4 is 5.56 Å². The van der Waals surface area contributed by atoms with E-state index in [0.29, 0.717) is 11.7 Å². The highest BCUT2D eigenvalue weighted by Crippen LogP contribution is 2.75. The van der Waals surface area contributed by atoms with Gasteiger partial charge in [-0.3, -0.25) is 4.79 Å². The lowest BCUT2D eigenvalue weighted by Gasteiger charge is -2.24. The molecule has 0 N–H and O–H groups in total. The van der Waals surface area contributed by atoms with E-state index in [9.17, 15) is 4.79 Å². The van der Waals surface area contributed by atoms with Gasteiger partial charge in [-0.15, -0.1) is 17.9 Å². The van der Waals surface area contributed by atoms with Crippen LogP contribution in [0.5, 0.6) is 0 Å². The van der Waals surface area contributed by atoms with Crippen molar-refractivity contribution in [2.45, 2.75) is 19.1 Å². The van der Waals surface area contributed by atoms with Crippen LogP contribution in [0.3, 0.4) is 0 Å². The molecule has 1 aliphatic rings. The van der Waals surface area contributed by atoms with Gasteiger partial charge in [0, 0.05) is 11.8 Å². The van der Waals surface area contributed by atoms with Crippen LogP contribution in [-0.4, -0.2) is 4.57 Å². The van der Waals surface area contributed by atoms with E-state index in [4.69, 9.17) is 0 Å². The number of fused-ring (bicyclic) bond motifs is 1. The molecule has 0 spiro atoms. The first kappa shape index (κ1) is 12.1. The van der Waals surface area contributed by atoms with Crippen molar-refractivity contribution in [3.8, 4) is 0 Å². The molecule has 15 heavy (non-hydrogen) atoms. The second-order valence-electron chi connectivity index (χ2n) is 3.86. The Labute approximate surface area is 97.2 Å². The first-order valence-corrected chi connectivity index (χ1v) is 11.5. The monoisotopic (exact) mass is 277 g/mol. The molecule has 0 radical (unpaired) electrons. The van der Waals surface area contributed by atoms with E-state index in [-0.39, 0.29) is 12.9 Å². The fourth-order valence-electron chi connectivity index (χ4n) is 2.18. The highest BCUT2D eigenvalue weighted by molar-refractivity contribution is 8.61. The predicted octanol–water partition coefficient (Wildman–Crippen LogP) is 3.19. The fourth-order valence-corrected chi connectivity index (χ4v) is 7.72. The average molecular weight is 277 g/mol. The van der Waals surface area contributed by atoms with Crippen LogP contribution in [0.15, 0.2) is 23.0 Å². The molecular formula is C9H15NOP4. The van der Waals surface area contributed by atoms with Gasteiger partial charge >= 0.3 is 0 Å². The van der Waals surface area contributed by atoms with Crippen molar-refractivity contribution in [1.82, 2.24) is 4.57 Å². The Bertz CT molecular complexity index is 415. The summed E-state index contributed by atoms with van der Waals surface area (Å²) in [5.74, 6) is 1.02. The molecule has 1 aromatic rings. The fraction of sp³-hybridized carbons (Fsp3) is 0.444.